The van der Waals surface area contributed by atoms with E-state index in [4.69, 9.17) is 19.7 Å². The maximum absolute atomic E-state index is 10.7. The van der Waals surface area contributed by atoms with Crippen molar-refractivity contribution < 1.29 is 29.3 Å². The lowest BCUT2D eigenvalue weighted by Crippen LogP contribution is -2.02. The Morgan fingerprint density at radius 1 is 0.593 bits per heavy atom. The average molecular weight is 387 g/mol. The van der Waals surface area contributed by atoms with Crippen LogP contribution in [-0.4, -0.2) is 48.6 Å². The second-order valence-corrected chi connectivity index (χ2v) is 6.08. The third-order valence-corrected chi connectivity index (χ3v) is 3.68. The number of rotatable bonds is 17. The molecule has 2 N–H and O–H groups in total. The molecule has 6 heteroatoms. The highest BCUT2D eigenvalue weighted by atomic mass is 16.5. The predicted octanol–water partition coefficient (Wildman–Crippen LogP) is 3.71. The van der Waals surface area contributed by atoms with Crippen molar-refractivity contribution in [2.24, 2.45) is 0 Å². The Morgan fingerprint density at radius 3 is 1.19 bits per heavy atom. The Balaban J connectivity index is 0. The number of aliphatic hydroxyl groups excluding tert-OH is 2. The van der Waals surface area contributed by atoms with Crippen LogP contribution in [0.4, 0.5) is 0 Å². The van der Waals surface area contributed by atoms with Crippen molar-refractivity contribution in [2.45, 2.75) is 70.6 Å². The van der Waals surface area contributed by atoms with Crippen LogP contribution in [0.5, 0.6) is 0 Å². The van der Waals surface area contributed by atoms with E-state index in [-0.39, 0.29) is 25.2 Å². The summed E-state index contributed by atoms with van der Waals surface area (Å²) in [7, 11) is 0. The van der Waals surface area contributed by atoms with E-state index in [0.29, 0.717) is 13.2 Å². The number of aliphatic hydroxyl groups is 2. The molecule has 27 heavy (non-hydrogen) atoms. The highest BCUT2D eigenvalue weighted by Gasteiger charge is 1.97. The molecule has 0 aromatic rings. The molecule has 0 saturated heterocycles. The molecule has 0 aliphatic carbocycles. The summed E-state index contributed by atoms with van der Waals surface area (Å²) in [5.74, 6) is -0.705. The zero-order chi connectivity index (χ0) is 20.6. The minimum atomic E-state index is -0.353. The zero-order valence-electron chi connectivity index (χ0n) is 16.7. The zero-order valence-corrected chi connectivity index (χ0v) is 16.7. The number of carbonyl (C=O) groups excluding carboxylic acids is 2. The van der Waals surface area contributed by atoms with Crippen molar-refractivity contribution in [2.75, 3.05) is 26.4 Å². The Bertz CT molecular complexity index is 334. The van der Waals surface area contributed by atoms with E-state index in [0.717, 1.165) is 70.6 Å². The van der Waals surface area contributed by atoms with Crippen molar-refractivity contribution in [3.05, 3.63) is 25.3 Å². The minimum Gasteiger partial charge on any atom is -0.463 e. The summed E-state index contributed by atoms with van der Waals surface area (Å²) in [5.41, 5.74) is 0. The highest BCUT2D eigenvalue weighted by Crippen LogP contribution is 2.07. The molecule has 0 spiro atoms. The Labute approximate surface area is 164 Å². The fourth-order valence-electron chi connectivity index (χ4n) is 2.13. The molecule has 0 amide bonds. The molecule has 0 unspecified atom stereocenters. The van der Waals surface area contributed by atoms with Crippen LogP contribution in [0.2, 0.25) is 0 Å². The summed E-state index contributed by atoms with van der Waals surface area (Å²) < 4.78 is 9.74. The van der Waals surface area contributed by atoms with E-state index < -0.39 is 0 Å². The minimum absolute atomic E-state index is 0.283. The highest BCUT2D eigenvalue weighted by molar-refractivity contribution is 5.81. The van der Waals surface area contributed by atoms with Gasteiger partial charge in [-0.05, 0) is 25.7 Å². The van der Waals surface area contributed by atoms with Crippen LogP contribution in [0.1, 0.15) is 70.6 Å². The first-order valence-corrected chi connectivity index (χ1v) is 9.92. The summed E-state index contributed by atoms with van der Waals surface area (Å²) in [6.07, 6.45) is 13.5. The quantitative estimate of drug-likeness (QED) is 0.225. The molecule has 0 fully saturated rings. The van der Waals surface area contributed by atoms with Gasteiger partial charge in [0, 0.05) is 25.4 Å². The maximum Gasteiger partial charge on any atom is 0.330 e. The summed E-state index contributed by atoms with van der Waals surface area (Å²) in [6.45, 7) is 8.17. The molecular weight excluding hydrogens is 348 g/mol. The summed E-state index contributed by atoms with van der Waals surface area (Å²) in [4.78, 5) is 21.5. The third-order valence-electron chi connectivity index (χ3n) is 3.68. The second kappa shape index (κ2) is 24.3. The van der Waals surface area contributed by atoms with Crippen molar-refractivity contribution in [3.63, 3.8) is 0 Å². The molecular formula is C21H38O6. The SMILES string of the molecule is C=CC(=O)OCCCCCCCCCOC(=O)C=C.OCCCCCCO. The number of hydrogen-bond acceptors (Lipinski definition) is 6. The lowest BCUT2D eigenvalue weighted by atomic mass is 10.1. The molecule has 0 bridgehead atoms. The van der Waals surface area contributed by atoms with Gasteiger partial charge in [0.1, 0.15) is 0 Å². The van der Waals surface area contributed by atoms with Gasteiger partial charge in [0.2, 0.25) is 0 Å². The van der Waals surface area contributed by atoms with Crippen LogP contribution < -0.4 is 0 Å². The van der Waals surface area contributed by atoms with Crippen molar-refractivity contribution >= 4 is 11.9 Å². The van der Waals surface area contributed by atoms with Crippen LogP contribution in [-0.2, 0) is 19.1 Å². The maximum atomic E-state index is 10.7. The van der Waals surface area contributed by atoms with Gasteiger partial charge in [0.15, 0.2) is 0 Å². The van der Waals surface area contributed by atoms with Crippen LogP contribution >= 0.6 is 0 Å². The molecule has 6 nitrogen and oxygen atoms in total. The predicted molar refractivity (Wildman–Crippen MR) is 107 cm³/mol. The van der Waals surface area contributed by atoms with E-state index in [1.165, 1.54) is 12.2 Å². The topological polar surface area (TPSA) is 93.1 Å². The number of hydrogen-bond donors (Lipinski definition) is 2. The molecule has 0 rings (SSSR count). The van der Waals surface area contributed by atoms with Crippen molar-refractivity contribution in [1.29, 1.82) is 0 Å². The Kier molecular flexibility index (Phi) is 24.8. The van der Waals surface area contributed by atoms with E-state index in [9.17, 15) is 9.59 Å². The van der Waals surface area contributed by atoms with Gasteiger partial charge in [-0.1, -0.05) is 58.1 Å². The molecule has 0 aromatic heterocycles. The van der Waals surface area contributed by atoms with Crippen LogP contribution in [0.15, 0.2) is 25.3 Å². The molecule has 0 radical (unpaired) electrons. The molecule has 0 aliphatic heterocycles. The lowest BCUT2D eigenvalue weighted by molar-refractivity contribution is -0.138. The largest absolute Gasteiger partial charge is 0.463 e. The van der Waals surface area contributed by atoms with Gasteiger partial charge in [0.25, 0.3) is 0 Å². The first kappa shape index (κ1) is 27.6. The molecule has 0 heterocycles. The van der Waals surface area contributed by atoms with Crippen molar-refractivity contribution in [1.82, 2.24) is 0 Å². The monoisotopic (exact) mass is 386 g/mol. The van der Waals surface area contributed by atoms with Gasteiger partial charge in [-0.15, -0.1) is 0 Å². The fourth-order valence-corrected chi connectivity index (χ4v) is 2.13. The van der Waals surface area contributed by atoms with E-state index in [2.05, 4.69) is 13.2 Å². The van der Waals surface area contributed by atoms with Gasteiger partial charge in [0.05, 0.1) is 13.2 Å². The van der Waals surface area contributed by atoms with Crippen LogP contribution in [0.25, 0.3) is 0 Å². The number of carbonyl (C=O) groups is 2. The molecule has 0 aromatic carbocycles. The average Bonchev–Trinajstić information content (AvgIpc) is 2.69. The van der Waals surface area contributed by atoms with Crippen LogP contribution in [0.3, 0.4) is 0 Å². The Morgan fingerprint density at radius 2 is 0.889 bits per heavy atom. The van der Waals surface area contributed by atoms with Crippen molar-refractivity contribution in [3.8, 4) is 0 Å². The van der Waals surface area contributed by atoms with Gasteiger partial charge >= 0.3 is 11.9 Å². The van der Waals surface area contributed by atoms with Crippen LogP contribution in [0, 0.1) is 0 Å². The third kappa shape index (κ3) is 26.7. The smallest absolute Gasteiger partial charge is 0.330 e. The van der Waals surface area contributed by atoms with Gasteiger partial charge < -0.3 is 19.7 Å². The summed E-state index contributed by atoms with van der Waals surface area (Å²) in [6, 6.07) is 0. The Hall–Kier alpha value is -1.66. The number of unbranched alkanes of at least 4 members (excludes halogenated alkanes) is 9. The van der Waals surface area contributed by atoms with E-state index in [1.807, 2.05) is 0 Å². The molecule has 158 valence electrons. The standard InChI is InChI=1S/C15H24O4.C6H14O2/c1-3-14(16)18-12-10-8-6-5-7-9-11-13-19-15(17)4-2;7-5-3-1-2-4-6-8/h3-4H,1-2,5-13H2;7-8H,1-6H2. The van der Waals surface area contributed by atoms with Gasteiger partial charge in [-0.3, -0.25) is 0 Å². The molecule has 0 atom stereocenters. The summed E-state index contributed by atoms with van der Waals surface area (Å²) in [5, 5.41) is 16.6. The summed E-state index contributed by atoms with van der Waals surface area (Å²) >= 11 is 0. The first-order chi connectivity index (χ1) is 13.1. The first-order valence-electron chi connectivity index (χ1n) is 9.92. The molecule has 0 aliphatic rings. The second-order valence-electron chi connectivity index (χ2n) is 6.08. The lowest BCUT2D eigenvalue weighted by Gasteiger charge is -2.03. The van der Waals surface area contributed by atoms with Gasteiger partial charge in [-0.25, -0.2) is 9.59 Å². The molecule has 0 saturated carbocycles. The number of esters is 2. The van der Waals surface area contributed by atoms with E-state index >= 15 is 0 Å². The van der Waals surface area contributed by atoms with E-state index in [1.54, 1.807) is 0 Å². The van der Waals surface area contributed by atoms with Gasteiger partial charge in [-0.2, -0.15) is 0 Å². The normalized spacial score (nSPS) is 9.70. The number of ether oxygens (including phenoxy) is 2. The fraction of sp³-hybridized carbons (Fsp3) is 0.714.